The van der Waals surface area contributed by atoms with Crippen molar-refractivity contribution in [2.24, 2.45) is 0 Å². The van der Waals surface area contributed by atoms with Crippen LogP contribution in [-0.4, -0.2) is 23.3 Å². The minimum Gasteiger partial charge on any atom is -0.389 e. The number of aliphatic hydroxyl groups is 1. The second-order valence-corrected chi connectivity index (χ2v) is 4.64. The van der Waals surface area contributed by atoms with E-state index in [1.807, 2.05) is 6.08 Å². The predicted octanol–water partition coefficient (Wildman–Crippen LogP) is 1.99. The summed E-state index contributed by atoms with van der Waals surface area (Å²) in [5.41, 5.74) is 0. The molecule has 0 aromatic carbocycles. The maximum absolute atomic E-state index is 9.32. The van der Waals surface area contributed by atoms with Gasteiger partial charge < -0.3 is 10.4 Å². The second kappa shape index (κ2) is 4.94. The Morgan fingerprint density at radius 1 is 0.929 bits per heavy atom. The maximum atomic E-state index is 9.32. The Morgan fingerprint density at radius 2 is 1.71 bits per heavy atom. The van der Waals surface area contributed by atoms with Crippen molar-refractivity contribution in [3.05, 3.63) is 12.2 Å². The van der Waals surface area contributed by atoms with Crippen LogP contribution in [0.3, 0.4) is 0 Å². The number of hydrogen-bond donors (Lipinski definition) is 2. The molecular formula is C12H21NO. The summed E-state index contributed by atoms with van der Waals surface area (Å²) in [5, 5.41) is 13.0. The fourth-order valence-corrected chi connectivity index (χ4v) is 2.52. The molecule has 2 unspecified atom stereocenters. The molecule has 2 rings (SSSR count). The van der Waals surface area contributed by atoms with Gasteiger partial charge in [-0.3, -0.25) is 0 Å². The van der Waals surface area contributed by atoms with Gasteiger partial charge in [-0.2, -0.15) is 0 Å². The molecule has 2 aliphatic rings. The second-order valence-electron chi connectivity index (χ2n) is 4.64. The highest BCUT2D eigenvalue weighted by molar-refractivity contribution is 5.02. The van der Waals surface area contributed by atoms with Crippen molar-refractivity contribution in [2.45, 2.75) is 63.1 Å². The van der Waals surface area contributed by atoms with Crippen LogP contribution >= 0.6 is 0 Å². The summed E-state index contributed by atoms with van der Waals surface area (Å²) >= 11 is 0. The van der Waals surface area contributed by atoms with Gasteiger partial charge in [-0.15, -0.1) is 0 Å². The zero-order valence-electron chi connectivity index (χ0n) is 8.78. The monoisotopic (exact) mass is 195 g/mol. The van der Waals surface area contributed by atoms with Crippen molar-refractivity contribution < 1.29 is 5.11 Å². The minimum absolute atomic E-state index is 0.195. The largest absolute Gasteiger partial charge is 0.389 e. The van der Waals surface area contributed by atoms with Gasteiger partial charge in [0.15, 0.2) is 0 Å². The topological polar surface area (TPSA) is 32.3 Å². The lowest BCUT2D eigenvalue weighted by Gasteiger charge is -2.29. The highest BCUT2D eigenvalue weighted by Gasteiger charge is 2.18. The molecule has 2 aliphatic carbocycles. The minimum atomic E-state index is -0.195. The third-order valence-electron chi connectivity index (χ3n) is 3.39. The van der Waals surface area contributed by atoms with E-state index < -0.39 is 0 Å². The molecule has 1 saturated carbocycles. The standard InChI is InChI=1S/C12H21NO/c14-12-8-6-11(7-9-12)13-10-4-2-1-3-5-10/h6,8,10-14H,1-5,7,9H2. The van der Waals surface area contributed by atoms with Gasteiger partial charge in [-0.25, -0.2) is 0 Å². The van der Waals surface area contributed by atoms with Gasteiger partial charge in [0.2, 0.25) is 0 Å². The predicted molar refractivity (Wildman–Crippen MR) is 58.2 cm³/mol. The molecule has 2 heteroatoms. The molecule has 0 spiro atoms. The fourth-order valence-electron chi connectivity index (χ4n) is 2.52. The van der Waals surface area contributed by atoms with E-state index in [2.05, 4.69) is 11.4 Å². The highest BCUT2D eigenvalue weighted by atomic mass is 16.3. The summed E-state index contributed by atoms with van der Waals surface area (Å²) < 4.78 is 0. The fraction of sp³-hybridized carbons (Fsp3) is 0.833. The summed E-state index contributed by atoms with van der Waals surface area (Å²) in [6, 6.07) is 1.25. The molecule has 2 N–H and O–H groups in total. The zero-order chi connectivity index (χ0) is 9.80. The van der Waals surface area contributed by atoms with Crippen LogP contribution in [0, 0.1) is 0 Å². The van der Waals surface area contributed by atoms with Crippen LogP contribution in [0.15, 0.2) is 12.2 Å². The van der Waals surface area contributed by atoms with E-state index >= 15 is 0 Å². The van der Waals surface area contributed by atoms with E-state index in [9.17, 15) is 5.11 Å². The molecule has 0 heterocycles. The Labute approximate surface area is 86.4 Å². The van der Waals surface area contributed by atoms with Gasteiger partial charge >= 0.3 is 0 Å². The van der Waals surface area contributed by atoms with Crippen LogP contribution in [0.1, 0.15) is 44.9 Å². The summed E-state index contributed by atoms with van der Waals surface area (Å²) in [6.07, 6.45) is 12.8. The SMILES string of the molecule is OC1C=CC(NC2CCCCC2)CC1. The van der Waals surface area contributed by atoms with Crippen LogP contribution in [-0.2, 0) is 0 Å². The van der Waals surface area contributed by atoms with E-state index in [4.69, 9.17) is 0 Å². The van der Waals surface area contributed by atoms with Gasteiger partial charge in [0.1, 0.15) is 0 Å². The molecule has 80 valence electrons. The molecule has 0 aromatic heterocycles. The molecular weight excluding hydrogens is 174 g/mol. The van der Waals surface area contributed by atoms with Crippen molar-refractivity contribution in [2.75, 3.05) is 0 Å². The molecule has 0 saturated heterocycles. The van der Waals surface area contributed by atoms with E-state index in [0.29, 0.717) is 6.04 Å². The molecule has 2 atom stereocenters. The zero-order valence-corrected chi connectivity index (χ0v) is 8.78. The van der Waals surface area contributed by atoms with Crippen molar-refractivity contribution in [3.63, 3.8) is 0 Å². The molecule has 2 nitrogen and oxygen atoms in total. The molecule has 1 fully saturated rings. The molecule has 0 aliphatic heterocycles. The average molecular weight is 195 g/mol. The summed E-state index contributed by atoms with van der Waals surface area (Å²) in [6.45, 7) is 0. The van der Waals surface area contributed by atoms with Gasteiger partial charge in [0.05, 0.1) is 6.10 Å². The summed E-state index contributed by atoms with van der Waals surface area (Å²) in [5.74, 6) is 0. The molecule has 0 bridgehead atoms. The van der Waals surface area contributed by atoms with Gasteiger partial charge in [0.25, 0.3) is 0 Å². The average Bonchev–Trinajstić information content (AvgIpc) is 2.23. The number of hydrogen-bond acceptors (Lipinski definition) is 2. The first kappa shape index (κ1) is 10.2. The quantitative estimate of drug-likeness (QED) is 0.660. The van der Waals surface area contributed by atoms with Crippen molar-refractivity contribution in [1.82, 2.24) is 5.32 Å². The number of nitrogens with one attached hydrogen (secondary N) is 1. The van der Waals surface area contributed by atoms with Gasteiger partial charge in [0, 0.05) is 12.1 Å². The Bertz CT molecular complexity index is 196. The smallest absolute Gasteiger partial charge is 0.0722 e. The normalized spacial score (nSPS) is 34.6. The van der Waals surface area contributed by atoms with Crippen molar-refractivity contribution in [1.29, 1.82) is 0 Å². The molecule has 0 aromatic rings. The molecule has 0 amide bonds. The third-order valence-corrected chi connectivity index (χ3v) is 3.39. The first-order chi connectivity index (χ1) is 6.84. The summed E-state index contributed by atoms with van der Waals surface area (Å²) in [7, 11) is 0. The van der Waals surface area contributed by atoms with Crippen LogP contribution in [0.2, 0.25) is 0 Å². The summed E-state index contributed by atoms with van der Waals surface area (Å²) in [4.78, 5) is 0. The van der Waals surface area contributed by atoms with Crippen LogP contribution < -0.4 is 5.32 Å². The van der Waals surface area contributed by atoms with E-state index in [-0.39, 0.29) is 6.10 Å². The van der Waals surface area contributed by atoms with Gasteiger partial charge in [-0.05, 0) is 25.7 Å². The van der Waals surface area contributed by atoms with E-state index in [0.717, 1.165) is 18.9 Å². The van der Waals surface area contributed by atoms with E-state index in [1.165, 1.54) is 32.1 Å². The van der Waals surface area contributed by atoms with Crippen molar-refractivity contribution in [3.8, 4) is 0 Å². The molecule has 14 heavy (non-hydrogen) atoms. The first-order valence-electron chi connectivity index (χ1n) is 5.97. The lowest BCUT2D eigenvalue weighted by Crippen LogP contribution is -2.40. The highest BCUT2D eigenvalue weighted by Crippen LogP contribution is 2.20. The Morgan fingerprint density at radius 3 is 2.36 bits per heavy atom. The lowest BCUT2D eigenvalue weighted by atomic mass is 9.93. The molecule has 0 radical (unpaired) electrons. The Hall–Kier alpha value is -0.340. The third kappa shape index (κ3) is 2.82. The Kier molecular flexibility index (Phi) is 3.60. The maximum Gasteiger partial charge on any atom is 0.0722 e. The first-order valence-corrected chi connectivity index (χ1v) is 5.97. The number of rotatable bonds is 2. The van der Waals surface area contributed by atoms with Crippen LogP contribution in [0.4, 0.5) is 0 Å². The van der Waals surface area contributed by atoms with Crippen molar-refractivity contribution >= 4 is 0 Å². The van der Waals surface area contributed by atoms with Gasteiger partial charge in [-0.1, -0.05) is 31.4 Å². The lowest BCUT2D eigenvalue weighted by molar-refractivity contribution is 0.194. The van der Waals surface area contributed by atoms with Crippen LogP contribution in [0.5, 0.6) is 0 Å². The Balaban J connectivity index is 1.76. The van der Waals surface area contributed by atoms with E-state index in [1.54, 1.807) is 0 Å². The van der Waals surface area contributed by atoms with Crippen LogP contribution in [0.25, 0.3) is 0 Å². The number of aliphatic hydroxyl groups excluding tert-OH is 1.